The molecule has 9 nitrogen and oxygen atoms in total. The van der Waals surface area contributed by atoms with Crippen LogP contribution in [-0.2, 0) is 11.3 Å². The van der Waals surface area contributed by atoms with E-state index in [0.717, 1.165) is 67.2 Å². The first-order valence-electron chi connectivity index (χ1n) is 14.9. The number of carbonyl (C=O) groups excluding carboxylic acids is 1. The Labute approximate surface area is 255 Å². The number of fused-ring (bicyclic) bond motifs is 1. The van der Waals surface area contributed by atoms with E-state index in [2.05, 4.69) is 41.9 Å². The maximum absolute atomic E-state index is 13.4. The number of carbonyl (C=O) groups is 1. The first-order chi connectivity index (χ1) is 19.2. The molecule has 0 N–H and O–H groups in total. The van der Waals surface area contributed by atoms with Crippen LogP contribution in [0.1, 0.15) is 57.4 Å². The third kappa shape index (κ3) is 7.07. The number of piperidine rings is 1. The second kappa shape index (κ2) is 14.5. The molecule has 0 bridgehead atoms. The van der Waals surface area contributed by atoms with Gasteiger partial charge in [0, 0.05) is 38.1 Å². The fraction of sp³-hybridized carbons (Fsp3) is 0.600. The highest BCUT2D eigenvalue weighted by Crippen LogP contribution is 2.31. The van der Waals surface area contributed by atoms with Crippen LogP contribution in [0.3, 0.4) is 0 Å². The van der Waals surface area contributed by atoms with Gasteiger partial charge in [0.1, 0.15) is 17.9 Å². The molecule has 3 aliphatic rings. The Balaban J connectivity index is 0.00000194. The molecule has 2 aliphatic heterocycles. The molecule has 1 aromatic carbocycles. The number of halogens is 2. The quantitative estimate of drug-likeness (QED) is 0.383. The number of ether oxygens (including phenoxy) is 1. The minimum Gasteiger partial charge on any atom is -0.494 e. The second-order valence-electron chi connectivity index (χ2n) is 11.2. The van der Waals surface area contributed by atoms with Gasteiger partial charge in [0.25, 0.3) is 0 Å². The molecule has 11 heteroatoms. The Morgan fingerprint density at radius 3 is 2.44 bits per heavy atom. The molecule has 6 rings (SSSR count). The van der Waals surface area contributed by atoms with Gasteiger partial charge in [-0.3, -0.25) is 4.79 Å². The van der Waals surface area contributed by atoms with E-state index in [0.29, 0.717) is 25.1 Å². The molecule has 224 valence electrons. The lowest BCUT2D eigenvalue weighted by atomic mass is 9.83. The summed E-state index contributed by atoms with van der Waals surface area (Å²) >= 11 is 0. The topological polar surface area (TPSA) is 79.6 Å². The molecule has 4 heterocycles. The van der Waals surface area contributed by atoms with Gasteiger partial charge in [-0.15, -0.1) is 24.8 Å². The summed E-state index contributed by atoms with van der Waals surface area (Å²) in [7, 11) is 0. The summed E-state index contributed by atoms with van der Waals surface area (Å²) in [5.41, 5.74) is 1.94. The van der Waals surface area contributed by atoms with Gasteiger partial charge < -0.3 is 19.4 Å². The van der Waals surface area contributed by atoms with Gasteiger partial charge in [0.05, 0.1) is 24.7 Å². The van der Waals surface area contributed by atoms with Crippen LogP contribution in [0.15, 0.2) is 36.8 Å². The van der Waals surface area contributed by atoms with Crippen molar-refractivity contribution in [2.45, 2.75) is 64.5 Å². The van der Waals surface area contributed by atoms with Gasteiger partial charge in [0.2, 0.25) is 5.91 Å². The summed E-state index contributed by atoms with van der Waals surface area (Å²) in [6.45, 7) is 8.80. The van der Waals surface area contributed by atoms with Gasteiger partial charge in [-0.1, -0.05) is 18.6 Å². The fourth-order valence-electron chi connectivity index (χ4n) is 6.69. The lowest BCUT2D eigenvalue weighted by Crippen LogP contribution is -2.51. The van der Waals surface area contributed by atoms with Crippen molar-refractivity contribution < 1.29 is 9.53 Å². The largest absolute Gasteiger partial charge is 0.494 e. The molecule has 1 saturated carbocycles. The summed E-state index contributed by atoms with van der Waals surface area (Å²) in [4.78, 5) is 29.6. The predicted molar refractivity (Wildman–Crippen MR) is 166 cm³/mol. The van der Waals surface area contributed by atoms with Gasteiger partial charge >= 0.3 is 0 Å². The van der Waals surface area contributed by atoms with Crippen molar-refractivity contribution >= 4 is 47.6 Å². The van der Waals surface area contributed by atoms with Crippen LogP contribution in [0.5, 0.6) is 5.75 Å². The van der Waals surface area contributed by atoms with Crippen molar-refractivity contribution in [2.75, 3.05) is 50.8 Å². The number of amides is 1. The lowest BCUT2D eigenvalue weighted by Gasteiger charge is -2.41. The fourth-order valence-corrected chi connectivity index (χ4v) is 6.69. The maximum Gasteiger partial charge on any atom is 0.225 e. The Hall–Kier alpha value is -2.62. The van der Waals surface area contributed by atoms with E-state index >= 15 is 0 Å². The number of rotatable bonds is 7. The maximum atomic E-state index is 13.4. The third-order valence-electron chi connectivity index (χ3n) is 8.80. The summed E-state index contributed by atoms with van der Waals surface area (Å²) in [6, 6.07) is 8.80. The smallest absolute Gasteiger partial charge is 0.225 e. The van der Waals surface area contributed by atoms with Crippen molar-refractivity contribution in [1.82, 2.24) is 29.5 Å². The van der Waals surface area contributed by atoms with Crippen LogP contribution < -0.4 is 9.64 Å². The highest BCUT2D eigenvalue weighted by molar-refractivity contribution is 5.87. The molecule has 0 atom stereocenters. The van der Waals surface area contributed by atoms with E-state index in [-0.39, 0.29) is 30.7 Å². The van der Waals surface area contributed by atoms with E-state index < -0.39 is 0 Å². The Morgan fingerprint density at radius 1 is 0.951 bits per heavy atom. The molecule has 2 aromatic heterocycles. The molecule has 2 saturated heterocycles. The van der Waals surface area contributed by atoms with Gasteiger partial charge in [0.15, 0.2) is 5.65 Å². The van der Waals surface area contributed by atoms with E-state index in [4.69, 9.17) is 4.74 Å². The van der Waals surface area contributed by atoms with E-state index in [9.17, 15) is 4.79 Å². The van der Waals surface area contributed by atoms with Crippen LogP contribution in [0.25, 0.3) is 11.0 Å². The standard InChI is InChI=1S/C30H41N7O2.2ClH/c1-2-39-26-8-6-7-23(19-26)21-37-29-27(20-33-37)28(31-22-32-29)35-15-17-36(18-16-35)30(38)24-9-11-25(12-10-24)34-13-4-3-5-14-34;;/h6-8,19-20,22,24-25H,2-5,9-18,21H2,1H3;2*1H/t24-,25-;;. The third-order valence-corrected chi connectivity index (χ3v) is 8.80. The number of hydrogen-bond donors (Lipinski definition) is 0. The Bertz CT molecular complexity index is 1270. The average Bonchev–Trinajstić information content (AvgIpc) is 3.40. The first kappa shape index (κ1) is 31.3. The van der Waals surface area contributed by atoms with Crippen molar-refractivity contribution in [3.8, 4) is 5.75 Å². The van der Waals surface area contributed by atoms with Crippen molar-refractivity contribution in [3.05, 3.63) is 42.4 Å². The molecule has 1 amide bonds. The molecule has 3 fully saturated rings. The Morgan fingerprint density at radius 2 is 1.71 bits per heavy atom. The van der Waals surface area contributed by atoms with Crippen molar-refractivity contribution in [1.29, 1.82) is 0 Å². The van der Waals surface area contributed by atoms with E-state index in [1.807, 2.05) is 29.9 Å². The summed E-state index contributed by atoms with van der Waals surface area (Å²) in [5, 5.41) is 5.60. The molecule has 0 unspecified atom stereocenters. The van der Waals surface area contributed by atoms with Crippen LogP contribution >= 0.6 is 24.8 Å². The monoisotopic (exact) mass is 603 g/mol. The second-order valence-corrected chi connectivity index (χ2v) is 11.2. The van der Waals surface area contributed by atoms with Crippen molar-refractivity contribution in [2.24, 2.45) is 5.92 Å². The number of anilines is 1. The van der Waals surface area contributed by atoms with Gasteiger partial charge in [-0.2, -0.15) is 5.10 Å². The highest BCUT2D eigenvalue weighted by atomic mass is 35.5. The molecular weight excluding hydrogens is 561 g/mol. The lowest BCUT2D eigenvalue weighted by molar-refractivity contribution is -0.137. The summed E-state index contributed by atoms with van der Waals surface area (Å²) < 4.78 is 7.58. The van der Waals surface area contributed by atoms with E-state index in [1.165, 1.54) is 45.2 Å². The minimum atomic E-state index is 0. The number of hydrogen-bond acceptors (Lipinski definition) is 7. The summed E-state index contributed by atoms with van der Waals surface area (Å²) in [6.07, 6.45) is 12.0. The number of likely N-dealkylation sites (tertiary alicyclic amines) is 1. The number of nitrogens with zero attached hydrogens (tertiary/aromatic N) is 7. The first-order valence-corrected chi connectivity index (χ1v) is 14.9. The van der Waals surface area contributed by atoms with Crippen molar-refractivity contribution in [3.63, 3.8) is 0 Å². The zero-order chi connectivity index (χ0) is 26.6. The number of benzene rings is 1. The number of piperazine rings is 1. The number of aromatic nitrogens is 4. The zero-order valence-corrected chi connectivity index (χ0v) is 25.6. The molecule has 0 spiro atoms. The zero-order valence-electron chi connectivity index (χ0n) is 24.0. The molecule has 0 radical (unpaired) electrons. The Kier molecular flexibility index (Phi) is 11.1. The normalized spacial score (nSPS) is 21.7. The van der Waals surface area contributed by atoms with Gasteiger partial charge in [-0.25, -0.2) is 14.6 Å². The predicted octanol–water partition coefficient (Wildman–Crippen LogP) is 4.81. The molecule has 3 aromatic rings. The molecule has 1 aliphatic carbocycles. The summed E-state index contributed by atoms with van der Waals surface area (Å²) in [5.74, 6) is 2.33. The van der Waals surface area contributed by atoms with Crippen LogP contribution in [0.2, 0.25) is 0 Å². The highest BCUT2D eigenvalue weighted by Gasteiger charge is 2.33. The molecule has 41 heavy (non-hydrogen) atoms. The van der Waals surface area contributed by atoms with Crippen LogP contribution in [-0.4, -0.2) is 87.4 Å². The molecular formula is C30H43Cl2N7O2. The van der Waals surface area contributed by atoms with Crippen LogP contribution in [0.4, 0.5) is 5.82 Å². The van der Waals surface area contributed by atoms with Crippen LogP contribution in [0, 0.1) is 5.92 Å². The minimum absolute atomic E-state index is 0. The average molecular weight is 605 g/mol. The van der Waals surface area contributed by atoms with Gasteiger partial charge in [-0.05, 0) is 76.2 Å². The SMILES string of the molecule is CCOc1cccc(Cn2ncc3c(N4CCN(C(=O)[C@H]5CC[C@H](N6CCCCC6)CC5)CC4)ncnc32)c1.Cl.Cl. The van der Waals surface area contributed by atoms with E-state index in [1.54, 1.807) is 6.33 Å².